The molecule has 0 amide bonds. The van der Waals surface area contributed by atoms with Crippen molar-refractivity contribution in [3.8, 4) is 0 Å². The number of fused-ring (bicyclic) bond motifs is 1. The average molecular weight is 346 g/mol. The predicted molar refractivity (Wildman–Crippen MR) is 101 cm³/mol. The van der Waals surface area contributed by atoms with Crippen LogP contribution in [0, 0.1) is 0 Å². The molecule has 0 aliphatic heterocycles. The van der Waals surface area contributed by atoms with Crippen LogP contribution in [0.5, 0.6) is 0 Å². The number of nitrogens with one attached hydrogen (secondary N) is 2. The average Bonchev–Trinajstić information content (AvgIpc) is 2.60. The van der Waals surface area contributed by atoms with E-state index >= 15 is 0 Å². The molecule has 0 atom stereocenters. The molecule has 6 heteroatoms. The van der Waals surface area contributed by atoms with Crippen LogP contribution in [0.2, 0.25) is 0 Å². The summed E-state index contributed by atoms with van der Waals surface area (Å²) in [6.07, 6.45) is 0. The fraction of sp³-hybridized carbons (Fsp3) is 0.474. The molecule has 25 heavy (non-hydrogen) atoms. The van der Waals surface area contributed by atoms with E-state index in [0.29, 0.717) is 23.0 Å². The Morgan fingerprint density at radius 3 is 2.44 bits per heavy atom. The van der Waals surface area contributed by atoms with Crippen LogP contribution in [0.1, 0.15) is 36.8 Å². The summed E-state index contributed by atoms with van der Waals surface area (Å²) in [5.74, 6) is -0.472. The van der Waals surface area contributed by atoms with E-state index in [1.165, 1.54) is 4.90 Å². The first-order valence-electron chi connectivity index (χ1n) is 8.79. The van der Waals surface area contributed by atoms with Gasteiger partial charge in [-0.15, -0.1) is 0 Å². The van der Waals surface area contributed by atoms with Crippen molar-refractivity contribution < 1.29 is 14.4 Å². The molecule has 1 heterocycles. The van der Waals surface area contributed by atoms with Crippen LogP contribution < -0.4 is 15.2 Å². The summed E-state index contributed by atoms with van der Waals surface area (Å²) >= 11 is 0. The summed E-state index contributed by atoms with van der Waals surface area (Å²) in [6.45, 7) is 8.44. The lowest BCUT2D eigenvalue weighted by Gasteiger charge is -2.18. The third-order valence-corrected chi connectivity index (χ3v) is 4.51. The number of nitrogens with zero attached hydrogens (tertiary/aromatic N) is 1. The summed E-state index contributed by atoms with van der Waals surface area (Å²) in [7, 11) is 3.87. The fourth-order valence-corrected chi connectivity index (χ4v) is 2.89. The van der Waals surface area contributed by atoms with Crippen molar-refractivity contribution in [3.05, 3.63) is 39.7 Å². The SMILES string of the molecule is CCOC(=O)c1[nH]c2ccc(N(C)C)cc2c(=O)c1C[NH+](CC)CC. The van der Waals surface area contributed by atoms with Crippen molar-refractivity contribution in [2.24, 2.45) is 0 Å². The number of carbonyl (C=O) groups is 1. The molecule has 6 nitrogen and oxygen atoms in total. The van der Waals surface area contributed by atoms with Gasteiger partial charge in [0.05, 0.1) is 30.8 Å². The Kier molecular flexibility index (Phi) is 6.20. The number of hydrogen-bond donors (Lipinski definition) is 2. The number of rotatable bonds is 7. The summed E-state index contributed by atoms with van der Waals surface area (Å²) in [4.78, 5) is 31.8. The molecule has 0 radical (unpaired) electrons. The maximum atomic E-state index is 13.1. The molecular formula is C19H28N3O3+. The Morgan fingerprint density at radius 2 is 1.88 bits per heavy atom. The first-order valence-corrected chi connectivity index (χ1v) is 8.79. The number of pyridine rings is 1. The number of esters is 1. The van der Waals surface area contributed by atoms with Crippen LogP contribution in [0.4, 0.5) is 5.69 Å². The predicted octanol–water partition coefficient (Wildman–Crippen LogP) is 1.20. The van der Waals surface area contributed by atoms with Crippen LogP contribution in [0.25, 0.3) is 10.9 Å². The Labute approximate surface area is 148 Å². The number of anilines is 1. The molecule has 0 fully saturated rings. The van der Waals surface area contributed by atoms with E-state index in [4.69, 9.17) is 4.74 Å². The molecule has 1 aromatic heterocycles. The van der Waals surface area contributed by atoms with E-state index in [1.54, 1.807) is 6.92 Å². The smallest absolute Gasteiger partial charge is 0.355 e. The summed E-state index contributed by atoms with van der Waals surface area (Å²) in [5.41, 5.74) is 2.27. The second-order valence-corrected chi connectivity index (χ2v) is 6.29. The van der Waals surface area contributed by atoms with E-state index in [1.807, 2.05) is 37.2 Å². The highest BCUT2D eigenvalue weighted by Gasteiger charge is 2.22. The van der Waals surface area contributed by atoms with Crippen LogP contribution in [0.3, 0.4) is 0 Å². The highest BCUT2D eigenvalue weighted by molar-refractivity contribution is 5.93. The van der Waals surface area contributed by atoms with E-state index in [-0.39, 0.29) is 17.7 Å². The van der Waals surface area contributed by atoms with E-state index in [2.05, 4.69) is 18.8 Å². The lowest BCUT2D eigenvalue weighted by molar-refractivity contribution is -0.910. The second-order valence-electron chi connectivity index (χ2n) is 6.29. The number of quaternary nitrogens is 1. The number of benzene rings is 1. The van der Waals surface area contributed by atoms with Crippen LogP contribution in [-0.4, -0.2) is 44.7 Å². The van der Waals surface area contributed by atoms with Gasteiger partial charge < -0.3 is 19.5 Å². The zero-order valence-electron chi connectivity index (χ0n) is 15.7. The standard InChI is InChI=1S/C19H27N3O3/c1-6-22(7-2)12-15-17(19(24)25-8-3)20-16-10-9-13(21(4)5)11-14(16)18(15)23/h9-11H,6-8,12H2,1-5H3,(H,20,23)/p+1. The van der Waals surface area contributed by atoms with Crippen LogP contribution in [0.15, 0.2) is 23.0 Å². The van der Waals surface area contributed by atoms with Crippen molar-refractivity contribution in [3.63, 3.8) is 0 Å². The minimum atomic E-state index is -0.472. The third-order valence-electron chi connectivity index (χ3n) is 4.51. The Balaban J connectivity index is 2.69. The molecule has 0 aliphatic carbocycles. The Bertz CT molecular complexity index is 807. The number of H-pyrrole nitrogens is 1. The van der Waals surface area contributed by atoms with Crippen molar-refractivity contribution >= 4 is 22.6 Å². The molecule has 1 aromatic carbocycles. The Hall–Kier alpha value is -2.34. The van der Waals surface area contributed by atoms with Crippen molar-refractivity contribution in [2.75, 3.05) is 38.7 Å². The van der Waals surface area contributed by atoms with Gasteiger partial charge in [0.25, 0.3) is 0 Å². The fourth-order valence-electron chi connectivity index (χ4n) is 2.89. The number of carbonyl (C=O) groups excluding carboxylic acids is 1. The number of ether oxygens (including phenoxy) is 1. The van der Waals surface area contributed by atoms with Gasteiger partial charge in [0.1, 0.15) is 12.2 Å². The van der Waals surface area contributed by atoms with E-state index < -0.39 is 5.97 Å². The second kappa shape index (κ2) is 8.16. The first-order chi connectivity index (χ1) is 11.9. The van der Waals surface area contributed by atoms with E-state index in [0.717, 1.165) is 18.8 Å². The molecule has 136 valence electrons. The zero-order chi connectivity index (χ0) is 18.6. The van der Waals surface area contributed by atoms with E-state index in [9.17, 15) is 9.59 Å². The first kappa shape index (κ1) is 19.0. The Morgan fingerprint density at radius 1 is 1.20 bits per heavy atom. The highest BCUT2D eigenvalue weighted by Crippen LogP contribution is 2.19. The minimum absolute atomic E-state index is 0.0973. The number of aromatic amines is 1. The topological polar surface area (TPSA) is 66.8 Å². The highest BCUT2D eigenvalue weighted by atomic mass is 16.5. The zero-order valence-corrected chi connectivity index (χ0v) is 15.7. The molecule has 2 rings (SSSR count). The maximum absolute atomic E-state index is 13.1. The molecule has 0 saturated heterocycles. The molecule has 0 aliphatic rings. The number of aromatic nitrogens is 1. The summed E-state index contributed by atoms with van der Waals surface area (Å²) in [5, 5.41) is 0.598. The molecule has 0 unspecified atom stereocenters. The van der Waals surface area contributed by atoms with Gasteiger partial charge in [-0.05, 0) is 39.0 Å². The minimum Gasteiger partial charge on any atom is -0.461 e. The van der Waals surface area contributed by atoms with Gasteiger partial charge >= 0.3 is 5.97 Å². The lowest BCUT2D eigenvalue weighted by atomic mass is 10.1. The van der Waals surface area contributed by atoms with Gasteiger partial charge in [-0.2, -0.15) is 0 Å². The molecule has 2 aromatic rings. The van der Waals surface area contributed by atoms with Gasteiger partial charge in [-0.3, -0.25) is 4.79 Å². The summed E-state index contributed by atoms with van der Waals surface area (Å²) < 4.78 is 5.16. The van der Waals surface area contributed by atoms with Gasteiger partial charge in [0.2, 0.25) is 0 Å². The van der Waals surface area contributed by atoms with Crippen LogP contribution in [-0.2, 0) is 11.3 Å². The monoisotopic (exact) mass is 346 g/mol. The van der Waals surface area contributed by atoms with Crippen molar-refractivity contribution in [1.82, 2.24) is 4.98 Å². The summed E-state index contributed by atoms with van der Waals surface area (Å²) in [6, 6.07) is 5.62. The van der Waals surface area contributed by atoms with Gasteiger partial charge in [0, 0.05) is 25.2 Å². The molecule has 0 spiro atoms. The molecule has 0 bridgehead atoms. The molecule has 0 saturated carbocycles. The maximum Gasteiger partial charge on any atom is 0.355 e. The van der Waals surface area contributed by atoms with Gasteiger partial charge in [0.15, 0.2) is 5.43 Å². The normalized spacial score (nSPS) is 11.1. The lowest BCUT2D eigenvalue weighted by Crippen LogP contribution is -3.10. The van der Waals surface area contributed by atoms with Crippen LogP contribution >= 0.6 is 0 Å². The number of hydrogen-bond acceptors (Lipinski definition) is 4. The third kappa shape index (κ3) is 4.02. The molecule has 2 N–H and O–H groups in total. The van der Waals surface area contributed by atoms with Gasteiger partial charge in [-0.25, -0.2) is 4.79 Å². The van der Waals surface area contributed by atoms with Gasteiger partial charge in [-0.1, -0.05) is 0 Å². The largest absolute Gasteiger partial charge is 0.461 e. The quantitative estimate of drug-likeness (QED) is 0.739. The van der Waals surface area contributed by atoms with Crippen molar-refractivity contribution in [1.29, 1.82) is 0 Å². The van der Waals surface area contributed by atoms with Crippen molar-refractivity contribution in [2.45, 2.75) is 27.3 Å². The molecular weight excluding hydrogens is 318 g/mol.